The Kier molecular flexibility index (Phi) is 3.25. The van der Waals surface area contributed by atoms with Gasteiger partial charge in [-0.2, -0.15) is 0 Å². The summed E-state index contributed by atoms with van der Waals surface area (Å²) in [4.78, 5) is 6.05. The van der Waals surface area contributed by atoms with Crippen molar-refractivity contribution < 1.29 is 5.11 Å². The summed E-state index contributed by atoms with van der Waals surface area (Å²) in [5.41, 5.74) is 0.872. The van der Waals surface area contributed by atoms with Crippen molar-refractivity contribution >= 4 is 0 Å². The molecule has 0 unspecified atom stereocenters. The number of likely N-dealkylation sites (N-methyl/N-ethyl adjacent to an activating group) is 1. The van der Waals surface area contributed by atoms with Gasteiger partial charge in [0.15, 0.2) is 0 Å². The van der Waals surface area contributed by atoms with Crippen molar-refractivity contribution in [2.24, 2.45) is 0 Å². The van der Waals surface area contributed by atoms with E-state index in [1.165, 1.54) is 0 Å². The van der Waals surface area contributed by atoms with Crippen molar-refractivity contribution in [1.29, 1.82) is 0 Å². The lowest BCUT2D eigenvalue weighted by Gasteiger charge is -2.11. The third kappa shape index (κ3) is 2.32. The average Bonchev–Trinajstić information content (AvgIpc) is 2.47. The normalized spacial score (nSPS) is 11.0. The lowest BCUT2D eigenvalue weighted by Crippen LogP contribution is -2.19. The van der Waals surface area contributed by atoms with Crippen molar-refractivity contribution in [3.05, 3.63) is 18.2 Å². The standard InChI is InChI=1S/C8H15N3O/c1-10(2)3-4-11-7-9-5-8(11)6-12/h5,7,12H,3-4,6H2,1-2H3. The highest BCUT2D eigenvalue weighted by Crippen LogP contribution is 1.98. The summed E-state index contributed by atoms with van der Waals surface area (Å²) in [7, 11) is 4.05. The van der Waals surface area contributed by atoms with Crippen molar-refractivity contribution in [3.63, 3.8) is 0 Å². The number of nitrogens with zero attached hydrogens (tertiary/aromatic N) is 3. The number of aromatic nitrogens is 2. The molecule has 0 amide bonds. The lowest BCUT2D eigenvalue weighted by molar-refractivity contribution is 0.267. The van der Waals surface area contributed by atoms with E-state index in [-0.39, 0.29) is 6.61 Å². The quantitative estimate of drug-likeness (QED) is 0.686. The molecule has 0 aliphatic carbocycles. The van der Waals surface area contributed by atoms with Crippen LogP contribution in [0.1, 0.15) is 5.69 Å². The molecule has 0 saturated heterocycles. The molecule has 0 radical (unpaired) electrons. The first-order chi connectivity index (χ1) is 5.74. The van der Waals surface area contributed by atoms with Gasteiger partial charge >= 0.3 is 0 Å². The Morgan fingerprint density at radius 3 is 2.92 bits per heavy atom. The molecule has 68 valence electrons. The van der Waals surface area contributed by atoms with Crippen LogP contribution < -0.4 is 0 Å². The molecule has 0 spiro atoms. The molecule has 1 aromatic rings. The number of hydrogen-bond donors (Lipinski definition) is 1. The zero-order chi connectivity index (χ0) is 8.97. The lowest BCUT2D eigenvalue weighted by atomic mass is 10.4. The summed E-state index contributed by atoms with van der Waals surface area (Å²) in [5.74, 6) is 0. The summed E-state index contributed by atoms with van der Waals surface area (Å²) in [6.07, 6.45) is 3.44. The van der Waals surface area contributed by atoms with Crippen molar-refractivity contribution in [2.75, 3.05) is 20.6 Å². The van der Waals surface area contributed by atoms with Crippen molar-refractivity contribution in [1.82, 2.24) is 14.5 Å². The number of aliphatic hydroxyl groups excluding tert-OH is 1. The second-order valence-corrected chi connectivity index (χ2v) is 3.04. The van der Waals surface area contributed by atoms with Gasteiger partial charge in [-0.25, -0.2) is 4.98 Å². The Labute approximate surface area is 72.4 Å². The van der Waals surface area contributed by atoms with Crippen LogP contribution in [-0.2, 0) is 13.2 Å². The zero-order valence-electron chi connectivity index (χ0n) is 7.56. The zero-order valence-corrected chi connectivity index (χ0v) is 7.56. The van der Waals surface area contributed by atoms with Gasteiger partial charge in [-0.15, -0.1) is 0 Å². The molecule has 12 heavy (non-hydrogen) atoms. The Bertz CT molecular complexity index is 232. The maximum Gasteiger partial charge on any atom is 0.0949 e. The van der Waals surface area contributed by atoms with Gasteiger partial charge < -0.3 is 14.6 Å². The highest BCUT2D eigenvalue weighted by molar-refractivity contribution is 4.95. The summed E-state index contributed by atoms with van der Waals surface area (Å²) in [6, 6.07) is 0. The van der Waals surface area contributed by atoms with Crippen LogP contribution in [0.5, 0.6) is 0 Å². The van der Waals surface area contributed by atoms with Crippen LogP contribution in [-0.4, -0.2) is 40.2 Å². The van der Waals surface area contributed by atoms with E-state index in [4.69, 9.17) is 5.11 Å². The number of imidazole rings is 1. The third-order valence-corrected chi connectivity index (χ3v) is 1.75. The maximum atomic E-state index is 8.90. The molecule has 0 aliphatic rings. The smallest absolute Gasteiger partial charge is 0.0949 e. The van der Waals surface area contributed by atoms with Gasteiger partial charge in [-0.3, -0.25) is 0 Å². The van der Waals surface area contributed by atoms with Gasteiger partial charge in [0.05, 0.1) is 24.8 Å². The molecule has 0 aliphatic heterocycles. The molecule has 1 aromatic heterocycles. The van der Waals surface area contributed by atoms with E-state index in [0.717, 1.165) is 18.8 Å². The molecular formula is C8H15N3O. The number of hydrogen-bond acceptors (Lipinski definition) is 3. The fraction of sp³-hybridized carbons (Fsp3) is 0.625. The van der Waals surface area contributed by atoms with Crippen LogP contribution in [0.25, 0.3) is 0 Å². The predicted molar refractivity (Wildman–Crippen MR) is 46.7 cm³/mol. The van der Waals surface area contributed by atoms with Crippen molar-refractivity contribution in [2.45, 2.75) is 13.2 Å². The first-order valence-corrected chi connectivity index (χ1v) is 3.98. The van der Waals surface area contributed by atoms with E-state index >= 15 is 0 Å². The predicted octanol–water partition coefficient (Wildman–Crippen LogP) is -0.0630. The van der Waals surface area contributed by atoms with Crippen LogP contribution in [0.3, 0.4) is 0 Å². The average molecular weight is 169 g/mol. The summed E-state index contributed by atoms with van der Waals surface area (Å²) in [5, 5.41) is 8.90. The SMILES string of the molecule is CN(C)CCn1cncc1CO. The number of rotatable bonds is 4. The largest absolute Gasteiger partial charge is 0.390 e. The van der Waals surface area contributed by atoms with E-state index in [2.05, 4.69) is 9.88 Å². The van der Waals surface area contributed by atoms with Gasteiger partial charge in [0, 0.05) is 13.1 Å². The molecule has 4 heteroatoms. The molecule has 1 N–H and O–H groups in total. The minimum absolute atomic E-state index is 0.0629. The molecule has 4 nitrogen and oxygen atoms in total. The molecular weight excluding hydrogens is 154 g/mol. The van der Waals surface area contributed by atoms with E-state index in [0.29, 0.717) is 0 Å². The monoisotopic (exact) mass is 169 g/mol. The van der Waals surface area contributed by atoms with E-state index < -0.39 is 0 Å². The highest BCUT2D eigenvalue weighted by atomic mass is 16.3. The summed E-state index contributed by atoms with van der Waals surface area (Å²) in [6.45, 7) is 1.90. The van der Waals surface area contributed by atoms with E-state index in [9.17, 15) is 0 Å². The molecule has 1 rings (SSSR count). The maximum absolute atomic E-state index is 8.90. The first-order valence-electron chi connectivity index (χ1n) is 3.98. The van der Waals surface area contributed by atoms with Gasteiger partial charge in [-0.05, 0) is 14.1 Å². The van der Waals surface area contributed by atoms with E-state index in [1.807, 2.05) is 18.7 Å². The highest BCUT2D eigenvalue weighted by Gasteiger charge is 1.99. The fourth-order valence-electron chi connectivity index (χ4n) is 0.989. The first kappa shape index (κ1) is 9.22. The molecule has 0 saturated carbocycles. The van der Waals surface area contributed by atoms with Gasteiger partial charge in [0.2, 0.25) is 0 Å². The topological polar surface area (TPSA) is 41.3 Å². The van der Waals surface area contributed by atoms with Gasteiger partial charge in [0.25, 0.3) is 0 Å². The minimum Gasteiger partial charge on any atom is -0.390 e. The third-order valence-electron chi connectivity index (χ3n) is 1.75. The molecule has 0 atom stereocenters. The number of aliphatic hydroxyl groups is 1. The van der Waals surface area contributed by atoms with Crippen molar-refractivity contribution in [3.8, 4) is 0 Å². The molecule has 0 fully saturated rings. The van der Waals surface area contributed by atoms with Crippen LogP contribution in [0.15, 0.2) is 12.5 Å². The Morgan fingerprint density at radius 2 is 2.33 bits per heavy atom. The van der Waals surface area contributed by atoms with Gasteiger partial charge in [0.1, 0.15) is 0 Å². The molecule has 0 aromatic carbocycles. The van der Waals surface area contributed by atoms with E-state index in [1.54, 1.807) is 12.5 Å². The second-order valence-electron chi connectivity index (χ2n) is 3.04. The Hall–Kier alpha value is -0.870. The minimum atomic E-state index is 0.0629. The Morgan fingerprint density at radius 1 is 1.58 bits per heavy atom. The van der Waals surface area contributed by atoms with Crippen LogP contribution >= 0.6 is 0 Å². The second kappa shape index (κ2) is 4.23. The van der Waals surface area contributed by atoms with Crippen LogP contribution in [0, 0.1) is 0 Å². The fourth-order valence-corrected chi connectivity index (χ4v) is 0.989. The summed E-state index contributed by atoms with van der Waals surface area (Å²) >= 11 is 0. The summed E-state index contributed by atoms with van der Waals surface area (Å²) < 4.78 is 1.96. The molecule has 1 heterocycles. The van der Waals surface area contributed by atoms with Crippen LogP contribution in [0.2, 0.25) is 0 Å². The van der Waals surface area contributed by atoms with Gasteiger partial charge in [-0.1, -0.05) is 0 Å². The Balaban J connectivity index is 2.50. The molecule has 0 bridgehead atoms. The van der Waals surface area contributed by atoms with Crippen LogP contribution in [0.4, 0.5) is 0 Å².